The highest BCUT2D eigenvalue weighted by Crippen LogP contribution is 2.49. The lowest BCUT2D eigenvalue weighted by Gasteiger charge is -2.36. The van der Waals surface area contributed by atoms with Gasteiger partial charge in [0.05, 0.1) is 17.8 Å². The number of thioether (sulfide) groups is 1. The van der Waals surface area contributed by atoms with Gasteiger partial charge in [-0.1, -0.05) is 56.5 Å². The fourth-order valence-corrected chi connectivity index (χ4v) is 5.44. The summed E-state index contributed by atoms with van der Waals surface area (Å²) in [5.41, 5.74) is 2.26. The summed E-state index contributed by atoms with van der Waals surface area (Å²) in [7, 11) is 1.11. The van der Waals surface area contributed by atoms with Crippen LogP contribution in [0.4, 0.5) is 15.8 Å². The number of methoxy groups -OCH3 is 1. The molecule has 1 heterocycles. The van der Waals surface area contributed by atoms with Crippen molar-refractivity contribution in [3.8, 4) is 5.75 Å². The van der Waals surface area contributed by atoms with Crippen LogP contribution in [-0.2, 0) is 9.53 Å². The lowest BCUT2D eigenvalue weighted by atomic mass is 9.81. The van der Waals surface area contributed by atoms with Gasteiger partial charge in [-0.25, -0.2) is 4.79 Å². The zero-order valence-corrected chi connectivity index (χ0v) is 20.3. The summed E-state index contributed by atoms with van der Waals surface area (Å²) in [6.45, 7) is 5.37. The molecule has 0 saturated carbocycles. The van der Waals surface area contributed by atoms with Crippen LogP contribution in [0.5, 0.6) is 5.75 Å². The zero-order valence-electron chi connectivity index (χ0n) is 18.7. The predicted octanol–water partition coefficient (Wildman–Crippen LogP) is 7.53. The minimum absolute atomic E-state index is 0.153. The number of hydrogen-bond donors (Lipinski definition) is 0. The average Bonchev–Trinajstić information content (AvgIpc) is 2.98. The molecule has 0 saturated heterocycles. The van der Waals surface area contributed by atoms with Crippen molar-refractivity contribution in [2.75, 3.05) is 24.3 Å². The van der Waals surface area contributed by atoms with Crippen molar-refractivity contribution >= 4 is 40.7 Å². The summed E-state index contributed by atoms with van der Waals surface area (Å²) in [5.74, 6) is -0.957. The Bertz CT molecular complexity index is 969. The van der Waals surface area contributed by atoms with E-state index in [1.54, 1.807) is 11.8 Å². The first kappa shape index (κ1) is 24.5. The van der Waals surface area contributed by atoms with Crippen LogP contribution in [0.2, 0.25) is 5.02 Å². The van der Waals surface area contributed by atoms with Gasteiger partial charge in [-0.05, 0) is 42.5 Å². The number of anilines is 2. The number of ether oxygens (including phenoxy) is 2. The highest BCUT2D eigenvalue weighted by atomic mass is 35.5. The number of benzene rings is 2. The Morgan fingerprint density at radius 1 is 1.28 bits per heavy atom. The van der Waals surface area contributed by atoms with Crippen molar-refractivity contribution in [3.63, 3.8) is 0 Å². The van der Waals surface area contributed by atoms with Crippen LogP contribution in [0.15, 0.2) is 59.4 Å². The molecule has 1 atom stereocenters. The van der Waals surface area contributed by atoms with Crippen LogP contribution in [0.3, 0.4) is 0 Å². The van der Waals surface area contributed by atoms with Gasteiger partial charge in [0, 0.05) is 22.9 Å². The Morgan fingerprint density at radius 3 is 2.69 bits per heavy atom. The molecule has 0 N–H and O–H groups in total. The van der Waals surface area contributed by atoms with Crippen LogP contribution in [0.1, 0.15) is 39.5 Å². The first-order valence-corrected chi connectivity index (χ1v) is 12.2. The standard InChI is InChI=1S/C25H29ClFNO3S/c1-4-6-12-25(5-2)16-28(18-10-8-7-9-11-18)21-13-19(26)22(14-23(21)32-17-25)31-15-20(27)24(29)30-3/h7-11,13-15H,4-6,12,16-17H2,1-3H3/b20-15-. The molecular formula is C25H29ClFNO3S. The van der Waals surface area contributed by atoms with Crippen molar-refractivity contribution in [2.45, 2.75) is 44.4 Å². The molecule has 0 radical (unpaired) electrons. The number of esters is 1. The number of nitrogens with zero attached hydrogens (tertiary/aromatic N) is 1. The first-order valence-electron chi connectivity index (χ1n) is 10.8. The molecule has 0 fully saturated rings. The Hall–Kier alpha value is -2.18. The largest absolute Gasteiger partial charge is 0.464 e. The van der Waals surface area contributed by atoms with Crippen molar-refractivity contribution < 1.29 is 18.7 Å². The fraction of sp³-hybridized carbons (Fsp3) is 0.400. The molecule has 1 aliphatic rings. The molecule has 1 aliphatic heterocycles. The third-order valence-electron chi connectivity index (χ3n) is 5.88. The van der Waals surface area contributed by atoms with Crippen molar-refractivity contribution in [2.24, 2.45) is 5.41 Å². The van der Waals surface area contributed by atoms with E-state index in [1.165, 1.54) is 6.42 Å². The monoisotopic (exact) mass is 477 g/mol. The van der Waals surface area contributed by atoms with E-state index in [9.17, 15) is 9.18 Å². The quantitative estimate of drug-likeness (QED) is 0.223. The van der Waals surface area contributed by atoms with Gasteiger partial charge in [-0.15, -0.1) is 11.8 Å². The topological polar surface area (TPSA) is 38.8 Å². The van der Waals surface area contributed by atoms with Gasteiger partial charge in [0.15, 0.2) is 0 Å². The summed E-state index contributed by atoms with van der Waals surface area (Å²) < 4.78 is 23.5. The molecule has 2 aromatic rings. The smallest absolute Gasteiger partial charge is 0.370 e. The number of carbonyl (C=O) groups is 1. The minimum Gasteiger partial charge on any atom is -0.464 e. The van der Waals surface area contributed by atoms with Crippen LogP contribution in [0, 0.1) is 5.41 Å². The molecule has 0 amide bonds. The van der Waals surface area contributed by atoms with Crippen molar-refractivity contribution in [1.82, 2.24) is 0 Å². The second-order valence-electron chi connectivity index (χ2n) is 7.99. The van der Waals surface area contributed by atoms with E-state index in [-0.39, 0.29) is 5.41 Å². The van der Waals surface area contributed by atoms with E-state index in [0.717, 1.165) is 61.2 Å². The Labute approximate surface area is 198 Å². The molecule has 2 aromatic carbocycles. The molecule has 0 spiro atoms. The molecule has 4 nitrogen and oxygen atoms in total. The molecular weight excluding hydrogens is 449 g/mol. The number of fused-ring (bicyclic) bond motifs is 1. The van der Waals surface area contributed by atoms with Gasteiger partial charge in [-0.2, -0.15) is 4.39 Å². The molecule has 1 unspecified atom stereocenters. The van der Waals surface area contributed by atoms with Gasteiger partial charge < -0.3 is 14.4 Å². The summed E-state index contributed by atoms with van der Waals surface area (Å²) in [5, 5.41) is 0.344. The third-order valence-corrected chi connectivity index (χ3v) is 7.57. The Morgan fingerprint density at radius 2 is 2.03 bits per heavy atom. The average molecular weight is 478 g/mol. The number of rotatable bonds is 8. The lowest BCUT2D eigenvalue weighted by Crippen LogP contribution is -2.35. The summed E-state index contributed by atoms with van der Waals surface area (Å²) in [6.07, 6.45) is 5.29. The number of unbranched alkanes of at least 4 members (excludes halogenated alkanes) is 1. The molecule has 0 aromatic heterocycles. The van der Waals surface area contributed by atoms with Gasteiger partial charge in [-0.3, -0.25) is 0 Å². The normalized spacial score (nSPS) is 18.7. The van der Waals surface area contributed by atoms with Crippen LogP contribution >= 0.6 is 23.4 Å². The maximum absolute atomic E-state index is 13.8. The molecule has 32 heavy (non-hydrogen) atoms. The van der Waals surface area contributed by atoms with E-state index >= 15 is 0 Å². The van der Waals surface area contributed by atoms with Gasteiger partial charge in [0.1, 0.15) is 12.0 Å². The van der Waals surface area contributed by atoms with Gasteiger partial charge in [0.25, 0.3) is 0 Å². The van der Waals surface area contributed by atoms with Crippen LogP contribution in [0.25, 0.3) is 0 Å². The van der Waals surface area contributed by atoms with Gasteiger partial charge in [0.2, 0.25) is 5.83 Å². The van der Waals surface area contributed by atoms with E-state index < -0.39 is 11.8 Å². The van der Waals surface area contributed by atoms with E-state index in [2.05, 4.69) is 35.6 Å². The van der Waals surface area contributed by atoms with Crippen molar-refractivity contribution in [3.05, 3.63) is 59.6 Å². The lowest BCUT2D eigenvalue weighted by molar-refractivity contribution is -0.137. The third kappa shape index (κ3) is 5.59. The minimum atomic E-state index is -1.12. The van der Waals surface area contributed by atoms with E-state index in [0.29, 0.717) is 10.8 Å². The molecule has 7 heteroatoms. The van der Waals surface area contributed by atoms with Gasteiger partial charge >= 0.3 is 5.97 Å². The second kappa shape index (κ2) is 11.1. The second-order valence-corrected chi connectivity index (χ2v) is 9.42. The first-order chi connectivity index (χ1) is 15.4. The van der Waals surface area contributed by atoms with E-state index in [1.807, 2.05) is 30.3 Å². The highest BCUT2D eigenvalue weighted by Gasteiger charge is 2.35. The zero-order chi connectivity index (χ0) is 23.1. The summed E-state index contributed by atoms with van der Waals surface area (Å²) in [4.78, 5) is 14.6. The maximum atomic E-state index is 13.8. The number of halogens is 2. The maximum Gasteiger partial charge on any atom is 0.370 e. The Balaban J connectivity index is 2.02. The molecule has 172 valence electrons. The Kier molecular flexibility index (Phi) is 8.49. The molecule has 3 rings (SSSR count). The SMILES string of the molecule is CCCCC1(CC)CSc2cc(O/C=C(\F)C(=O)OC)c(Cl)cc2N(c2ccccc2)C1. The number of hydrogen-bond acceptors (Lipinski definition) is 5. The highest BCUT2D eigenvalue weighted by molar-refractivity contribution is 7.99. The predicted molar refractivity (Wildman–Crippen MR) is 130 cm³/mol. The van der Waals surface area contributed by atoms with E-state index in [4.69, 9.17) is 16.3 Å². The summed E-state index contributed by atoms with van der Waals surface area (Å²) >= 11 is 8.30. The molecule has 0 bridgehead atoms. The number of para-hydroxylation sites is 1. The van der Waals surface area contributed by atoms with Crippen LogP contribution in [-0.4, -0.2) is 25.4 Å². The molecule has 0 aliphatic carbocycles. The summed E-state index contributed by atoms with van der Waals surface area (Å²) in [6, 6.07) is 14.0. The van der Waals surface area contributed by atoms with Crippen molar-refractivity contribution in [1.29, 1.82) is 0 Å². The fourth-order valence-electron chi connectivity index (χ4n) is 3.83. The van der Waals surface area contributed by atoms with Crippen LogP contribution < -0.4 is 9.64 Å². The number of carbonyl (C=O) groups excluding carboxylic acids is 1.